The molecule has 1 aromatic carbocycles. The van der Waals surface area contributed by atoms with Crippen molar-refractivity contribution in [3.8, 4) is 0 Å². The number of benzene rings is 1. The van der Waals surface area contributed by atoms with Gasteiger partial charge >= 0.3 is 30.0 Å². The number of hydrogen-bond donors (Lipinski definition) is 2. The van der Waals surface area contributed by atoms with Crippen molar-refractivity contribution in [3.05, 3.63) is 71.2 Å². The van der Waals surface area contributed by atoms with Crippen LogP contribution in [0.4, 0.5) is 4.79 Å². The van der Waals surface area contributed by atoms with Crippen LogP contribution in [0.5, 0.6) is 0 Å². The van der Waals surface area contributed by atoms with Gasteiger partial charge in [0.25, 0.3) is 0 Å². The molecule has 0 spiro atoms. The molecule has 15 nitrogen and oxygen atoms in total. The molecule has 1 saturated heterocycles. The van der Waals surface area contributed by atoms with Crippen molar-refractivity contribution >= 4 is 35.8 Å². The SMILES string of the molecule is CCC(=O)OC1C[C@H]2OC[C@@]2(OC(C)=O)C2[C@H](OC(=O)c3ccccc3)[C@]3(O)C[C@H](OC(=O)[C@H](C)[C@@H](NC(=O)OC(C)(C)C)c4ccco4)C(C)=C([C@@H](C)C(=O)[C@]12C)C3(C)C. The predicted molar refractivity (Wildman–Crippen MR) is 216 cm³/mol. The number of Topliss-reactive ketones (excluding diaryl/α,β-unsaturated/α-hetero) is 1. The fraction of sp³-hybridized carbons (Fsp3) is 0.609. The van der Waals surface area contributed by atoms with Crippen LogP contribution in [-0.4, -0.2) is 88.7 Å². The molecule has 1 amide bonds. The van der Waals surface area contributed by atoms with Crippen molar-refractivity contribution < 1.29 is 66.7 Å². The Bertz CT molecular complexity index is 2070. The molecule has 4 aliphatic rings. The van der Waals surface area contributed by atoms with Crippen LogP contribution >= 0.6 is 0 Å². The Morgan fingerprint density at radius 2 is 1.67 bits per heavy atom. The lowest BCUT2D eigenvalue weighted by molar-refractivity contribution is -0.346. The molecule has 2 heterocycles. The van der Waals surface area contributed by atoms with E-state index in [-0.39, 0.29) is 37.2 Å². The maximum atomic E-state index is 15.6. The number of amides is 1. The van der Waals surface area contributed by atoms with Crippen molar-refractivity contribution in [2.24, 2.45) is 28.6 Å². The first-order valence-electron chi connectivity index (χ1n) is 20.9. The van der Waals surface area contributed by atoms with Crippen LogP contribution < -0.4 is 5.32 Å². The summed E-state index contributed by atoms with van der Waals surface area (Å²) in [6, 6.07) is 10.3. The summed E-state index contributed by atoms with van der Waals surface area (Å²) in [5.41, 5.74) is -6.69. The highest BCUT2D eigenvalue weighted by atomic mass is 16.6. The van der Waals surface area contributed by atoms with Gasteiger partial charge in [0.1, 0.15) is 53.2 Å². The van der Waals surface area contributed by atoms with Gasteiger partial charge in [0, 0.05) is 37.5 Å². The topological polar surface area (TPSA) is 203 Å². The van der Waals surface area contributed by atoms with Gasteiger partial charge in [0.05, 0.1) is 35.7 Å². The number of carbonyl (C=O) groups excluding carboxylic acids is 6. The van der Waals surface area contributed by atoms with Gasteiger partial charge in [-0.2, -0.15) is 0 Å². The molecular weight excluding hydrogens is 790 g/mol. The molecule has 11 atom stereocenters. The normalized spacial score (nSPS) is 32.6. The largest absolute Gasteiger partial charge is 0.467 e. The molecule has 61 heavy (non-hydrogen) atoms. The summed E-state index contributed by atoms with van der Waals surface area (Å²) in [7, 11) is 0. The first-order chi connectivity index (χ1) is 28.4. The van der Waals surface area contributed by atoms with Gasteiger partial charge in [0.2, 0.25) is 0 Å². The van der Waals surface area contributed by atoms with Gasteiger partial charge in [-0.15, -0.1) is 0 Å². The van der Waals surface area contributed by atoms with E-state index in [2.05, 4.69) is 5.32 Å². The maximum Gasteiger partial charge on any atom is 0.408 e. The second kappa shape index (κ2) is 16.4. The Morgan fingerprint density at radius 1 is 1.00 bits per heavy atom. The van der Waals surface area contributed by atoms with Gasteiger partial charge in [-0.25, -0.2) is 9.59 Å². The predicted octanol–water partition coefficient (Wildman–Crippen LogP) is 6.36. The second-order valence-electron chi connectivity index (χ2n) is 18.7. The zero-order valence-electron chi connectivity index (χ0n) is 36.8. The highest BCUT2D eigenvalue weighted by Gasteiger charge is 2.78. The fourth-order valence-electron chi connectivity index (χ4n) is 10.4. The zero-order valence-corrected chi connectivity index (χ0v) is 36.8. The molecule has 6 rings (SSSR count). The Balaban J connectivity index is 1.52. The van der Waals surface area contributed by atoms with Crippen LogP contribution in [0.1, 0.15) is 118 Å². The Kier molecular flexibility index (Phi) is 12.2. The maximum absolute atomic E-state index is 15.6. The monoisotopic (exact) mass is 849 g/mol. The van der Waals surface area contributed by atoms with Crippen molar-refractivity contribution in [2.45, 2.75) is 143 Å². The average Bonchev–Trinajstić information content (AvgIpc) is 3.72. The van der Waals surface area contributed by atoms with E-state index < -0.39 is 112 Å². The van der Waals surface area contributed by atoms with E-state index in [1.165, 1.54) is 13.2 Å². The summed E-state index contributed by atoms with van der Waals surface area (Å²) in [5, 5.41) is 16.5. The third-order valence-corrected chi connectivity index (χ3v) is 13.4. The number of alkyl carbamates (subject to hydrolysis) is 1. The summed E-state index contributed by atoms with van der Waals surface area (Å²) < 4.78 is 42.3. The van der Waals surface area contributed by atoms with Crippen LogP contribution in [0.3, 0.4) is 0 Å². The van der Waals surface area contributed by atoms with Crippen LogP contribution in [0.25, 0.3) is 0 Å². The molecule has 2 bridgehead atoms. The second-order valence-corrected chi connectivity index (χ2v) is 18.7. The molecule has 2 unspecified atom stereocenters. The minimum atomic E-state index is -2.17. The average molecular weight is 850 g/mol. The number of ether oxygens (including phenoxy) is 6. The van der Waals surface area contributed by atoms with Crippen molar-refractivity contribution in [3.63, 3.8) is 0 Å². The highest BCUT2D eigenvalue weighted by molar-refractivity contribution is 5.93. The molecule has 15 heteroatoms. The number of hydrogen-bond acceptors (Lipinski definition) is 14. The molecule has 2 saturated carbocycles. The Morgan fingerprint density at radius 3 is 2.23 bits per heavy atom. The molecule has 332 valence electrons. The summed E-state index contributed by atoms with van der Waals surface area (Å²) >= 11 is 0. The lowest BCUT2D eigenvalue weighted by Gasteiger charge is -2.67. The third kappa shape index (κ3) is 7.88. The van der Waals surface area contributed by atoms with Crippen molar-refractivity contribution in [2.75, 3.05) is 6.61 Å². The number of rotatable bonds is 10. The molecule has 3 aliphatic carbocycles. The van der Waals surface area contributed by atoms with Crippen molar-refractivity contribution in [1.82, 2.24) is 5.32 Å². The lowest BCUT2D eigenvalue weighted by atomic mass is 9.43. The number of esters is 4. The smallest absolute Gasteiger partial charge is 0.408 e. The minimum Gasteiger partial charge on any atom is -0.467 e. The number of ketones is 1. The van der Waals surface area contributed by atoms with Crippen LogP contribution in [0, 0.1) is 28.6 Å². The van der Waals surface area contributed by atoms with E-state index in [0.29, 0.717) is 11.1 Å². The molecule has 3 fully saturated rings. The molecule has 2 N–H and O–H groups in total. The lowest BCUT2D eigenvalue weighted by Crippen LogP contribution is -2.81. The molecule has 2 aromatic rings. The van der Waals surface area contributed by atoms with Gasteiger partial charge in [0.15, 0.2) is 5.60 Å². The standard InChI is InChI=1S/C46H59NO14/c1-12-33(49)58-31-21-32-45(23-56-32,60-27(5)48)36-38(59-40(52)28-17-14-13-15-18-28)46(54)22-30(24(2)34(43(46,9)10)25(3)37(50)44(31,36)11)57-39(51)26(4)35(29-19-16-20-55-29)47-41(53)61-42(6,7)8/h13-20,25-26,30-32,35-36,38,54H,12,21-23H2,1-11H3,(H,47,53)/t25-,26-,30+,31?,32-,35-,36?,38+,44-,45+,46-/m1/s1. The summed E-state index contributed by atoms with van der Waals surface area (Å²) in [6.07, 6.45) is -4.69. The highest BCUT2D eigenvalue weighted by Crippen LogP contribution is 2.65. The summed E-state index contributed by atoms with van der Waals surface area (Å²) in [4.78, 5) is 83.6. The van der Waals surface area contributed by atoms with Gasteiger partial charge in [-0.1, -0.05) is 45.9 Å². The first kappa shape index (κ1) is 45.5. The third-order valence-electron chi connectivity index (χ3n) is 13.4. The fourth-order valence-corrected chi connectivity index (χ4v) is 10.4. The number of furan rings is 1. The van der Waals surface area contributed by atoms with E-state index in [1.54, 1.807) is 112 Å². The van der Waals surface area contributed by atoms with E-state index in [0.717, 1.165) is 0 Å². The molecule has 1 aliphatic heterocycles. The quantitative estimate of drug-likeness (QED) is 0.152. The first-order valence-corrected chi connectivity index (χ1v) is 20.9. The Hall–Kier alpha value is -5.02. The van der Waals surface area contributed by atoms with Crippen molar-refractivity contribution in [1.29, 1.82) is 0 Å². The molecule has 1 aromatic heterocycles. The summed E-state index contributed by atoms with van der Waals surface area (Å²) in [6.45, 7) is 17.8. The number of nitrogens with one attached hydrogen (secondary N) is 1. The van der Waals surface area contributed by atoms with Crippen LogP contribution in [-0.2, 0) is 47.6 Å². The zero-order chi connectivity index (χ0) is 45.0. The van der Waals surface area contributed by atoms with Crippen LogP contribution in [0.2, 0.25) is 0 Å². The van der Waals surface area contributed by atoms with E-state index in [1.807, 2.05) is 0 Å². The number of fused-ring (bicyclic) bond motifs is 5. The Labute approximate surface area is 356 Å². The van der Waals surface area contributed by atoms with Gasteiger partial charge < -0.3 is 43.3 Å². The van der Waals surface area contributed by atoms with E-state index >= 15 is 4.79 Å². The number of aliphatic hydroxyl groups is 1. The number of carbonyl (C=O) groups is 6. The summed E-state index contributed by atoms with van der Waals surface area (Å²) in [5.74, 6) is -6.51. The molecule has 0 radical (unpaired) electrons. The minimum absolute atomic E-state index is 0.00516. The van der Waals surface area contributed by atoms with E-state index in [4.69, 9.17) is 32.8 Å². The molecular formula is C46H59NO14. The van der Waals surface area contributed by atoms with Gasteiger partial charge in [-0.05, 0) is 77.0 Å². The van der Waals surface area contributed by atoms with Gasteiger partial charge in [-0.3, -0.25) is 19.2 Å². The van der Waals surface area contributed by atoms with E-state index in [9.17, 15) is 29.1 Å². The van der Waals surface area contributed by atoms with Crippen LogP contribution in [0.15, 0.2) is 64.3 Å².